The third-order valence-corrected chi connectivity index (χ3v) is 3.83. The minimum absolute atomic E-state index is 0.0229. The lowest BCUT2D eigenvalue weighted by Gasteiger charge is -2.25. The van der Waals surface area contributed by atoms with E-state index in [1.54, 1.807) is 6.07 Å². The molecule has 4 N–H and O–H groups in total. The van der Waals surface area contributed by atoms with Crippen LogP contribution in [-0.4, -0.2) is 12.5 Å². The fourth-order valence-electron chi connectivity index (χ4n) is 2.33. The Morgan fingerprint density at radius 1 is 1.29 bits per heavy atom. The van der Waals surface area contributed by atoms with Crippen LogP contribution in [0.25, 0.3) is 0 Å². The van der Waals surface area contributed by atoms with E-state index in [-0.39, 0.29) is 11.3 Å². The van der Waals surface area contributed by atoms with Gasteiger partial charge >= 0.3 is 0 Å². The molecule has 0 saturated heterocycles. The summed E-state index contributed by atoms with van der Waals surface area (Å²) in [5.74, 6) is 5.38. The molecular weight excluding hydrogens is 262 g/mol. The third kappa shape index (κ3) is 5.76. The molecule has 4 nitrogen and oxygen atoms in total. The maximum absolute atomic E-state index is 12.2. The van der Waals surface area contributed by atoms with Crippen LogP contribution in [0.2, 0.25) is 0 Å². The number of nitrogen functional groups attached to an aromatic ring is 1. The second kappa shape index (κ2) is 8.03. The van der Waals surface area contributed by atoms with Gasteiger partial charge < -0.3 is 10.7 Å². The predicted molar refractivity (Wildman–Crippen MR) is 89.2 cm³/mol. The minimum Gasteiger partial charge on any atom is -0.352 e. The second-order valence-electron chi connectivity index (χ2n) is 6.48. The van der Waals surface area contributed by atoms with Gasteiger partial charge in [-0.05, 0) is 42.5 Å². The van der Waals surface area contributed by atoms with Gasteiger partial charge in [0.15, 0.2) is 0 Å². The van der Waals surface area contributed by atoms with Crippen molar-refractivity contribution in [1.82, 2.24) is 5.32 Å². The number of anilines is 1. The number of amides is 1. The van der Waals surface area contributed by atoms with Gasteiger partial charge in [0.25, 0.3) is 5.91 Å². The quantitative estimate of drug-likeness (QED) is 0.389. The Kier molecular flexibility index (Phi) is 6.69. The third-order valence-electron chi connectivity index (χ3n) is 3.83. The molecule has 0 spiro atoms. The highest BCUT2D eigenvalue weighted by atomic mass is 16.1. The predicted octanol–water partition coefficient (Wildman–Crippen LogP) is 3.62. The number of rotatable bonds is 8. The highest BCUT2D eigenvalue weighted by Gasteiger charge is 2.18. The number of nitrogens with one attached hydrogen (secondary N) is 2. The average Bonchev–Trinajstić information content (AvgIpc) is 2.45. The van der Waals surface area contributed by atoms with Gasteiger partial charge in [-0.25, -0.2) is 0 Å². The number of benzene rings is 1. The Bertz CT molecular complexity index is 469. The molecule has 0 aliphatic carbocycles. The highest BCUT2D eigenvalue weighted by Crippen LogP contribution is 2.23. The molecular formula is C17H29N3O. The van der Waals surface area contributed by atoms with Crippen LogP contribution in [0.4, 0.5) is 5.69 Å². The lowest BCUT2D eigenvalue weighted by molar-refractivity contribution is 0.0934. The van der Waals surface area contributed by atoms with E-state index in [0.29, 0.717) is 12.1 Å². The molecule has 0 atom stereocenters. The molecule has 118 valence electrons. The van der Waals surface area contributed by atoms with E-state index < -0.39 is 0 Å². The van der Waals surface area contributed by atoms with Crippen LogP contribution in [0.3, 0.4) is 0 Å². The van der Waals surface area contributed by atoms with E-state index >= 15 is 0 Å². The van der Waals surface area contributed by atoms with Crippen molar-refractivity contribution in [3.8, 4) is 0 Å². The van der Waals surface area contributed by atoms with Crippen molar-refractivity contribution >= 4 is 11.6 Å². The molecule has 0 bridgehead atoms. The van der Waals surface area contributed by atoms with Crippen molar-refractivity contribution in [1.29, 1.82) is 0 Å². The number of unbranched alkanes of at least 4 members (excludes halogenated alkanes) is 2. The fourth-order valence-corrected chi connectivity index (χ4v) is 2.33. The minimum atomic E-state index is -0.0229. The van der Waals surface area contributed by atoms with Crippen molar-refractivity contribution in [2.45, 2.75) is 53.4 Å². The van der Waals surface area contributed by atoms with Crippen LogP contribution in [0.15, 0.2) is 18.2 Å². The summed E-state index contributed by atoms with van der Waals surface area (Å²) in [6, 6.07) is 5.48. The van der Waals surface area contributed by atoms with E-state index in [2.05, 4.69) is 31.5 Å². The average molecular weight is 291 g/mol. The first kappa shape index (κ1) is 17.5. The fraction of sp³-hybridized carbons (Fsp3) is 0.588. The molecule has 1 amide bonds. The molecule has 0 radical (unpaired) electrons. The van der Waals surface area contributed by atoms with E-state index in [0.717, 1.165) is 17.7 Å². The first-order chi connectivity index (χ1) is 9.89. The van der Waals surface area contributed by atoms with Gasteiger partial charge in [0.05, 0.1) is 5.69 Å². The summed E-state index contributed by atoms with van der Waals surface area (Å²) >= 11 is 0. The first-order valence-corrected chi connectivity index (χ1v) is 7.75. The Hall–Kier alpha value is -1.55. The molecule has 0 heterocycles. The van der Waals surface area contributed by atoms with Crippen LogP contribution < -0.4 is 16.6 Å². The van der Waals surface area contributed by atoms with E-state index in [1.165, 1.54) is 19.3 Å². The number of carbonyl (C=O) groups excluding carboxylic acids is 1. The Labute approximate surface area is 128 Å². The molecule has 0 unspecified atom stereocenters. The summed E-state index contributed by atoms with van der Waals surface area (Å²) < 4.78 is 0. The summed E-state index contributed by atoms with van der Waals surface area (Å²) in [7, 11) is 0. The smallest absolute Gasteiger partial charge is 0.251 e. The van der Waals surface area contributed by atoms with Crippen LogP contribution in [0, 0.1) is 12.3 Å². The zero-order chi connectivity index (χ0) is 15.9. The second-order valence-corrected chi connectivity index (χ2v) is 6.48. The van der Waals surface area contributed by atoms with Crippen molar-refractivity contribution in [2.24, 2.45) is 11.3 Å². The molecule has 0 aliphatic rings. The van der Waals surface area contributed by atoms with Gasteiger partial charge in [-0.3, -0.25) is 10.6 Å². The van der Waals surface area contributed by atoms with Crippen LogP contribution >= 0.6 is 0 Å². The number of hydrazine groups is 1. The summed E-state index contributed by atoms with van der Waals surface area (Å²) in [4.78, 5) is 12.2. The summed E-state index contributed by atoms with van der Waals surface area (Å²) in [6.45, 7) is 9.24. The van der Waals surface area contributed by atoms with E-state index in [4.69, 9.17) is 5.84 Å². The molecule has 1 aromatic rings. The van der Waals surface area contributed by atoms with Gasteiger partial charge in [-0.2, -0.15) is 0 Å². The molecule has 0 saturated carbocycles. The van der Waals surface area contributed by atoms with E-state index in [1.807, 2.05) is 19.1 Å². The number of nitrogens with two attached hydrogens (primary N) is 1. The van der Waals surface area contributed by atoms with Gasteiger partial charge in [0.2, 0.25) is 0 Å². The number of carbonyl (C=O) groups is 1. The first-order valence-electron chi connectivity index (χ1n) is 7.75. The lowest BCUT2D eigenvalue weighted by Crippen LogP contribution is -2.34. The van der Waals surface area contributed by atoms with Crippen molar-refractivity contribution in [3.63, 3.8) is 0 Å². The SMILES string of the molecule is CCCCCC(C)(C)CNC(=O)c1ccc(NN)c(C)c1. The monoisotopic (exact) mass is 291 g/mol. The number of aryl methyl sites for hydroxylation is 1. The van der Waals surface area contributed by atoms with Gasteiger partial charge in [0, 0.05) is 12.1 Å². The van der Waals surface area contributed by atoms with Crippen molar-refractivity contribution < 1.29 is 4.79 Å². The number of hydrogen-bond acceptors (Lipinski definition) is 3. The molecule has 1 rings (SSSR count). The zero-order valence-electron chi connectivity index (χ0n) is 13.8. The van der Waals surface area contributed by atoms with Crippen molar-refractivity contribution in [2.75, 3.05) is 12.0 Å². The maximum Gasteiger partial charge on any atom is 0.251 e. The molecule has 1 aromatic carbocycles. The normalized spacial score (nSPS) is 11.3. The van der Waals surface area contributed by atoms with Crippen molar-refractivity contribution in [3.05, 3.63) is 29.3 Å². The number of hydrogen-bond donors (Lipinski definition) is 3. The topological polar surface area (TPSA) is 67.2 Å². The van der Waals surface area contributed by atoms with Gasteiger partial charge in [0.1, 0.15) is 0 Å². The Morgan fingerprint density at radius 3 is 2.57 bits per heavy atom. The highest BCUT2D eigenvalue weighted by molar-refractivity contribution is 5.94. The Morgan fingerprint density at radius 2 is 2.00 bits per heavy atom. The zero-order valence-corrected chi connectivity index (χ0v) is 13.8. The Balaban J connectivity index is 2.55. The summed E-state index contributed by atoms with van der Waals surface area (Å²) in [5, 5.41) is 3.04. The molecule has 0 fully saturated rings. The van der Waals surface area contributed by atoms with Gasteiger partial charge in [-0.15, -0.1) is 0 Å². The molecule has 4 heteroatoms. The lowest BCUT2D eigenvalue weighted by atomic mass is 9.87. The standard InChI is InChI=1S/C17H29N3O/c1-5-6-7-10-17(3,4)12-19-16(21)14-8-9-15(20-18)13(2)11-14/h8-9,11,20H,5-7,10,12,18H2,1-4H3,(H,19,21). The van der Waals surface area contributed by atoms with Crippen LogP contribution in [-0.2, 0) is 0 Å². The van der Waals surface area contributed by atoms with Crippen LogP contribution in [0.5, 0.6) is 0 Å². The molecule has 0 aliphatic heterocycles. The largest absolute Gasteiger partial charge is 0.352 e. The van der Waals surface area contributed by atoms with E-state index in [9.17, 15) is 4.79 Å². The summed E-state index contributed by atoms with van der Waals surface area (Å²) in [5.41, 5.74) is 5.23. The van der Waals surface area contributed by atoms with Gasteiger partial charge in [-0.1, -0.05) is 40.0 Å². The maximum atomic E-state index is 12.2. The van der Waals surface area contributed by atoms with Crippen LogP contribution in [0.1, 0.15) is 62.4 Å². The molecule has 0 aromatic heterocycles. The molecule has 21 heavy (non-hydrogen) atoms. The summed E-state index contributed by atoms with van der Waals surface area (Å²) in [6.07, 6.45) is 4.83.